The van der Waals surface area contributed by atoms with Gasteiger partial charge >= 0.3 is 11.8 Å². The molecule has 0 saturated carbocycles. The van der Waals surface area contributed by atoms with Gasteiger partial charge in [0.2, 0.25) is 0 Å². The standard InChI is InChI=1S/C15H23N3O7/c1-2-3-4-7-24-15(23)17-10-5-6-18(14(22)16-10)13-12(21)11(20)9(8-19)25-13/h5-6,9,11-13,19-21H,2-4,7-8H2,1H3,(H,16,17,22,23)/t9-,11-,12+,13-/m1/s1. The van der Waals surface area contributed by atoms with E-state index in [0.29, 0.717) is 0 Å². The van der Waals surface area contributed by atoms with Crippen molar-refractivity contribution in [2.45, 2.75) is 50.7 Å². The van der Waals surface area contributed by atoms with Crippen molar-refractivity contribution in [3.63, 3.8) is 0 Å². The summed E-state index contributed by atoms with van der Waals surface area (Å²) in [6.45, 7) is 1.81. The summed E-state index contributed by atoms with van der Waals surface area (Å²) < 4.78 is 11.2. The van der Waals surface area contributed by atoms with Gasteiger partial charge in [-0.3, -0.25) is 9.88 Å². The van der Waals surface area contributed by atoms with E-state index in [2.05, 4.69) is 10.3 Å². The average molecular weight is 357 g/mol. The molecular weight excluding hydrogens is 334 g/mol. The number of hydrogen-bond donors (Lipinski definition) is 4. The lowest BCUT2D eigenvalue weighted by Gasteiger charge is -2.17. The third-order valence-corrected chi connectivity index (χ3v) is 3.83. The Morgan fingerprint density at radius 1 is 1.40 bits per heavy atom. The zero-order valence-corrected chi connectivity index (χ0v) is 13.9. The molecule has 2 heterocycles. The zero-order chi connectivity index (χ0) is 18.4. The van der Waals surface area contributed by atoms with Crippen LogP contribution < -0.4 is 11.0 Å². The van der Waals surface area contributed by atoms with Crippen LogP contribution in [0, 0.1) is 0 Å². The Morgan fingerprint density at radius 2 is 2.16 bits per heavy atom. The molecule has 1 amide bonds. The number of unbranched alkanes of at least 4 members (excludes halogenated alkanes) is 2. The smallest absolute Gasteiger partial charge is 0.412 e. The summed E-state index contributed by atoms with van der Waals surface area (Å²) in [5, 5.41) is 31.1. The van der Waals surface area contributed by atoms with E-state index in [9.17, 15) is 19.8 Å². The highest BCUT2D eigenvalue weighted by Crippen LogP contribution is 2.28. The first kappa shape index (κ1) is 19.3. The molecule has 25 heavy (non-hydrogen) atoms. The number of nitrogens with one attached hydrogen (secondary N) is 1. The summed E-state index contributed by atoms with van der Waals surface area (Å²) in [5.41, 5.74) is -0.793. The van der Waals surface area contributed by atoms with E-state index in [1.807, 2.05) is 6.92 Å². The van der Waals surface area contributed by atoms with Crippen LogP contribution in [-0.4, -0.2) is 62.5 Å². The average Bonchev–Trinajstić information content (AvgIpc) is 2.87. The van der Waals surface area contributed by atoms with Crippen molar-refractivity contribution in [1.82, 2.24) is 9.55 Å². The molecule has 10 nitrogen and oxygen atoms in total. The van der Waals surface area contributed by atoms with Gasteiger partial charge in [-0.2, -0.15) is 4.98 Å². The van der Waals surface area contributed by atoms with Gasteiger partial charge in [0.1, 0.15) is 24.1 Å². The second kappa shape index (κ2) is 8.90. The molecule has 10 heteroatoms. The van der Waals surface area contributed by atoms with E-state index in [0.717, 1.165) is 23.8 Å². The molecule has 1 aliphatic heterocycles. The fraction of sp³-hybridized carbons (Fsp3) is 0.667. The summed E-state index contributed by atoms with van der Waals surface area (Å²) in [6.07, 6.45) is -1.62. The predicted octanol–water partition coefficient (Wildman–Crippen LogP) is -0.407. The Morgan fingerprint density at radius 3 is 2.76 bits per heavy atom. The van der Waals surface area contributed by atoms with Crippen LogP contribution in [0.2, 0.25) is 0 Å². The molecule has 0 bridgehead atoms. The normalized spacial score (nSPS) is 25.8. The molecule has 1 fully saturated rings. The predicted molar refractivity (Wildman–Crippen MR) is 86.0 cm³/mol. The molecule has 1 aromatic heterocycles. The second-order valence-electron chi connectivity index (χ2n) is 5.70. The maximum Gasteiger partial charge on any atom is 0.412 e. The number of aromatic nitrogens is 2. The van der Waals surface area contributed by atoms with Crippen LogP contribution >= 0.6 is 0 Å². The number of aliphatic hydroxyl groups excluding tert-OH is 3. The lowest BCUT2D eigenvalue weighted by molar-refractivity contribution is -0.0549. The minimum absolute atomic E-state index is 0.00603. The van der Waals surface area contributed by atoms with E-state index in [4.69, 9.17) is 14.6 Å². The Balaban J connectivity index is 1.99. The van der Waals surface area contributed by atoms with E-state index >= 15 is 0 Å². The molecule has 1 saturated heterocycles. The molecule has 0 radical (unpaired) electrons. The topological polar surface area (TPSA) is 143 Å². The molecule has 0 aliphatic carbocycles. The number of hydrogen-bond acceptors (Lipinski definition) is 8. The Kier molecular flexibility index (Phi) is 6.88. The van der Waals surface area contributed by atoms with E-state index in [1.54, 1.807) is 0 Å². The monoisotopic (exact) mass is 357 g/mol. The summed E-state index contributed by atoms with van der Waals surface area (Å²) in [4.78, 5) is 27.3. The highest BCUT2D eigenvalue weighted by molar-refractivity contribution is 5.83. The molecular formula is C15H23N3O7. The van der Waals surface area contributed by atoms with Crippen LogP contribution in [0.15, 0.2) is 17.1 Å². The Labute approximate surface area is 144 Å². The molecule has 0 spiro atoms. The van der Waals surface area contributed by atoms with E-state index < -0.39 is 42.9 Å². The van der Waals surface area contributed by atoms with E-state index in [1.165, 1.54) is 12.3 Å². The van der Waals surface area contributed by atoms with Gasteiger partial charge in [0.15, 0.2) is 6.23 Å². The van der Waals surface area contributed by atoms with Gasteiger partial charge in [0.05, 0.1) is 13.2 Å². The summed E-state index contributed by atoms with van der Waals surface area (Å²) in [7, 11) is 0. The Hall–Kier alpha value is -2.01. The number of carbonyl (C=O) groups excluding carboxylic acids is 1. The zero-order valence-electron chi connectivity index (χ0n) is 13.9. The third kappa shape index (κ3) is 4.75. The molecule has 1 aliphatic rings. The molecule has 140 valence electrons. The van der Waals surface area contributed by atoms with Crippen LogP contribution in [0.4, 0.5) is 10.6 Å². The molecule has 0 aromatic carbocycles. The summed E-state index contributed by atoms with van der Waals surface area (Å²) in [6, 6.07) is 1.34. The van der Waals surface area contributed by atoms with Gasteiger partial charge in [-0.1, -0.05) is 19.8 Å². The second-order valence-corrected chi connectivity index (χ2v) is 5.70. The molecule has 0 unspecified atom stereocenters. The summed E-state index contributed by atoms with van der Waals surface area (Å²) in [5.74, 6) is -0.00603. The van der Waals surface area contributed by atoms with Gasteiger partial charge in [0.25, 0.3) is 0 Å². The van der Waals surface area contributed by atoms with Gasteiger partial charge in [-0.25, -0.2) is 9.59 Å². The van der Waals surface area contributed by atoms with Crippen LogP contribution in [0.1, 0.15) is 32.4 Å². The fourth-order valence-corrected chi connectivity index (χ4v) is 2.44. The number of carbonyl (C=O) groups is 1. The van der Waals surface area contributed by atoms with Gasteiger partial charge in [-0.05, 0) is 12.5 Å². The first-order chi connectivity index (χ1) is 12.0. The van der Waals surface area contributed by atoms with Crippen molar-refractivity contribution < 1.29 is 29.6 Å². The molecule has 1 aromatic rings. The SMILES string of the molecule is CCCCCOC(=O)Nc1ccn([C@@H]2O[C@H](CO)[C@@H](O)[C@@H]2O)c(=O)n1. The van der Waals surface area contributed by atoms with Crippen molar-refractivity contribution in [2.24, 2.45) is 0 Å². The van der Waals surface area contributed by atoms with Crippen LogP contribution in [0.3, 0.4) is 0 Å². The van der Waals surface area contributed by atoms with Crippen molar-refractivity contribution in [2.75, 3.05) is 18.5 Å². The molecule has 2 rings (SSSR count). The van der Waals surface area contributed by atoms with Crippen LogP contribution in [0.5, 0.6) is 0 Å². The van der Waals surface area contributed by atoms with Gasteiger partial charge in [-0.15, -0.1) is 0 Å². The lowest BCUT2D eigenvalue weighted by atomic mass is 10.1. The maximum atomic E-state index is 12.1. The van der Waals surface area contributed by atoms with Crippen LogP contribution in [-0.2, 0) is 9.47 Å². The number of aliphatic hydroxyl groups is 3. The number of ether oxygens (including phenoxy) is 2. The highest BCUT2D eigenvalue weighted by Gasteiger charge is 2.43. The summed E-state index contributed by atoms with van der Waals surface area (Å²) >= 11 is 0. The quantitative estimate of drug-likeness (QED) is 0.482. The number of rotatable bonds is 7. The first-order valence-electron chi connectivity index (χ1n) is 8.13. The molecule has 4 N–H and O–H groups in total. The molecule has 4 atom stereocenters. The minimum atomic E-state index is -1.39. The van der Waals surface area contributed by atoms with Crippen molar-refractivity contribution in [3.8, 4) is 0 Å². The van der Waals surface area contributed by atoms with Gasteiger partial charge in [0, 0.05) is 6.20 Å². The maximum absolute atomic E-state index is 12.1. The first-order valence-corrected chi connectivity index (χ1v) is 8.13. The third-order valence-electron chi connectivity index (χ3n) is 3.83. The van der Waals surface area contributed by atoms with E-state index in [-0.39, 0.29) is 12.4 Å². The minimum Gasteiger partial charge on any atom is -0.449 e. The number of anilines is 1. The van der Waals surface area contributed by atoms with Crippen molar-refractivity contribution >= 4 is 11.9 Å². The number of nitrogens with zero attached hydrogens (tertiary/aromatic N) is 2. The largest absolute Gasteiger partial charge is 0.449 e. The Bertz CT molecular complexity index is 636. The van der Waals surface area contributed by atoms with Crippen LogP contribution in [0.25, 0.3) is 0 Å². The van der Waals surface area contributed by atoms with Crippen molar-refractivity contribution in [1.29, 1.82) is 0 Å². The van der Waals surface area contributed by atoms with Gasteiger partial charge < -0.3 is 24.8 Å². The fourth-order valence-electron chi connectivity index (χ4n) is 2.44. The number of amides is 1. The van der Waals surface area contributed by atoms with Crippen molar-refractivity contribution in [3.05, 3.63) is 22.7 Å². The lowest BCUT2D eigenvalue weighted by Crippen LogP contribution is -2.36. The highest BCUT2D eigenvalue weighted by atomic mass is 16.6.